The number of benzene rings is 2. The lowest BCUT2D eigenvalue weighted by Crippen LogP contribution is -2.26. The number of nitrogens with one attached hydrogen (secondary N) is 2. The van der Waals surface area contributed by atoms with E-state index in [1.165, 1.54) is 0 Å². The van der Waals surface area contributed by atoms with Crippen LogP contribution in [0.2, 0.25) is 0 Å². The molecule has 7 heteroatoms. The number of fused-ring (bicyclic) bond motifs is 1. The molecule has 0 fully saturated rings. The summed E-state index contributed by atoms with van der Waals surface area (Å²) in [5.74, 6) is 0.281. The Morgan fingerprint density at radius 1 is 1.12 bits per heavy atom. The van der Waals surface area contributed by atoms with Crippen LogP contribution in [-0.2, 0) is 27.1 Å². The Hall–Kier alpha value is -2.38. The number of rotatable bonds is 5. The van der Waals surface area contributed by atoms with Crippen LogP contribution in [0.1, 0.15) is 16.7 Å². The Labute approximate surface area is 140 Å². The Balaban J connectivity index is 1.64. The summed E-state index contributed by atoms with van der Waals surface area (Å²) in [5.41, 5.74) is 3.18. The average molecular weight is 346 g/mol. The van der Waals surface area contributed by atoms with E-state index in [4.69, 9.17) is 4.74 Å². The molecule has 0 atom stereocenters. The maximum atomic E-state index is 12.2. The van der Waals surface area contributed by atoms with Gasteiger partial charge in [-0.1, -0.05) is 35.9 Å². The number of aryl methyl sites for hydroxylation is 1. The van der Waals surface area contributed by atoms with Crippen molar-refractivity contribution in [2.24, 2.45) is 0 Å². The number of hydrogen-bond donors (Lipinski definition) is 2. The Kier molecular flexibility index (Phi) is 4.55. The van der Waals surface area contributed by atoms with Gasteiger partial charge in [-0.05, 0) is 30.2 Å². The first-order valence-electron chi connectivity index (χ1n) is 7.50. The predicted molar refractivity (Wildman–Crippen MR) is 91.2 cm³/mol. The van der Waals surface area contributed by atoms with Gasteiger partial charge in [-0.15, -0.1) is 0 Å². The third-order valence-electron chi connectivity index (χ3n) is 3.65. The fourth-order valence-corrected chi connectivity index (χ4v) is 3.50. The van der Waals surface area contributed by atoms with Crippen LogP contribution in [0.25, 0.3) is 0 Å². The van der Waals surface area contributed by atoms with Crippen LogP contribution in [0, 0.1) is 6.92 Å². The second-order valence-corrected chi connectivity index (χ2v) is 7.54. The fraction of sp³-hybridized carbons (Fsp3) is 0.235. The monoisotopic (exact) mass is 346 g/mol. The first kappa shape index (κ1) is 16.5. The predicted octanol–water partition coefficient (Wildman–Crippen LogP) is 1.95. The average Bonchev–Trinajstić information content (AvgIpc) is 2.55. The summed E-state index contributed by atoms with van der Waals surface area (Å²) in [4.78, 5) is 11.2. The molecule has 0 saturated heterocycles. The summed E-state index contributed by atoms with van der Waals surface area (Å²) < 4.78 is 32.3. The van der Waals surface area contributed by atoms with E-state index in [0.29, 0.717) is 11.4 Å². The van der Waals surface area contributed by atoms with Crippen molar-refractivity contribution in [1.29, 1.82) is 0 Å². The molecule has 0 aliphatic carbocycles. The molecule has 1 aliphatic heterocycles. The Morgan fingerprint density at radius 2 is 1.83 bits per heavy atom. The number of carbonyl (C=O) groups is 1. The van der Waals surface area contributed by atoms with Gasteiger partial charge in [0.1, 0.15) is 5.75 Å². The molecule has 24 heavy (non-hydrogen) atoms. The number of anilines is 1. The van der Waals surface area contributed by atoms with Crippen molar-refractivity contribution in [3.63, 3.8) is 0 Å². The molecule has 0 spiro atoms. The molecule has 1 heterocycles. The van der Waals surface area contributed by atoms with E-state index in [2.05, 4.69) is 10.0 Å². The first-order chi connectivity index (χ1) is 11.4. The second kappa shape index (κ2) is 6.62. The zero-order valence-corrected chi connectivity index (χ0v) is 14.0. The summed E-state index contributed by atoms with van der Waals surface area (Å²) in [6, 6.07) is 12.6. The number of carbonyl (C=O) groups excluding carboxylic acids is 1. The highest BCUT2D eigenvalue weighted by Gasteiger charge is 2.17. The quantitative estimate of drug-likeness (QED) is 0.867. The summed E-state index contributed by atoms with van der Waals surface area (Å²) >= 11 is 0. The largest absolute Gasteiger partial charge is 0.482 e. The second-order valence-electron chi connectivity index (χ2n) is 5.73. The van der Waals surface area contributed by atoms with Crippen molar-refractivity contribution >= 4 is 21.6 Å². The van der Waals surface area contributed by atoms with E-state index < -0.39 is 10.0 Å². The molecular weight excluding hydrogens is 328 g/mol. The van der Waals surface area contributed by atoms with E-state index in [0.717, 1.165) is 16.7 Å². The molecule has 0 bridgehead atoms. The lowest BCUT2D eigenvalue weighted by atomic mass is 10.2. The van der Waals surface area contributed by atoms with Crippen molar-refractivity contribution in [3.8, 4) is 5.75 Å². The number of amides is 1. The molecular formula is C17H18N2O4S. The lowest BCUT2D eigenvalue weighted by molar-refractivity contribution is -0.118. The first-order valence-corrected chi connectivity index (χ1v) is 9.15. The van der Waals surface area contributed by atoms with Crippen LogP contribution in [-0.4, -0.2) is 20.9 Å². The van der Waals surface area contributed by atoms with Crippen LogP contribution >= 0.6 is 0 Å². The van der Waals surface area contributed by atoms with E-state index in [9.17, 15) is 13.2 Å². The molecule has 2 aromatic carbocycles. The molecule has 2 N–H and O–H groups in total. The van der Waals surface area contributed by atoms with E-state index in [-0.39, 0.29) is 24.8 Å². The van der Waals surface area contributed by atoms with Crippen LogP contribution in [0.5, 0.6) is 5.75 Å². The van der Waals surface area contributed by atoms with Crippen molar-refractivity contribution in [2.75, 3.05) is 11.9 Å². The molecule has 0 saturated carbocycles. The molecule has 3 rings (SSSR count). The topological polar surface area (TPSA) is 84.5 Å². The summed E-state index contributed by atoms with van der Waals surface area (Å²) in [6.07, 6.45) is 0. The smallest absolute Gasteiger partial charge is 0.262 e. The number of sulfonamides is 1. The maximum Gasteiger partial charge on any atom is 0.262 e. The highest BCUT2D eigenvalue weighted by atomic mass is 32.2. The SMILES string of the molecule is Cc1ccc(CS(=O)(=O)NCc2ccc3c(c2)OCC(=O)N3)cc1. The van der Waals surface area contributed by atoms with Gasteiger partial charge in [0.25, 0.3) is 5.91 Å². The zero-order chi connectivity index (χ0) is 17.2. The van der Waals surface area contributed by atoms with E-state index in [1.807, 2.05) is 31.2 Å². The molecule has 6 nitrogen and oxygen atoms in total. The molecule has 0 aromatic heterocycles. The Morgan fingerprint density at radius 3 is 2.58 bits per heavy atom. The van der Waals surface area contributed by atoms with Crippen molar-refractivity contribution < 1.29 is 17.9 Å². The van der Waals surface area contributed by atoms with Gasteiger partial charge in [0, 0.05) is 6.54 Å². The standard InChI is InChI=1S/C17H18N2O4S/c1-12-2-4-13(5-3-12)11-24(21,22)18-9-14-6-7-15-16(8-14)23-10-17(20)19-15/h2-8,18H,9-11H2,1H3,(H,19,20). The van der Waals surface area contributed by atoms with Crippen LogP contribution in [0.15, 0.2) is 42.5 Å². The minimum Gasteiger partial charge on any atom is -0.482 e. The molecule has 1 aliphatic rings. The van der Waals surface area contributed by atoms with Crippen molar-refractivity contribution in [2.45, 2.75) is 19.2 Å². The lowest BCUT2D eigenvalue weighted by Gasteiger charge is -2.18. The van der Waals surface area contributed by atoms with Gasteiger partial charge in [-0.2, -0.15) is 0 Å². The summed E-state index contributed by atoms with van der Waals surface area (Å²) in [6.45, 7) is 2.09. The molecule has 0 radical (unpaired) electrons. The molecule has 126 valence electrons. The van der Waals surface area contributed by atoms with Gasteiger partial charge in [-0.25, -0.2) is 13.1 Å². The highest BCUT2D eigenvalue weighted by molar-refractivity contribution is 7.88. The van der Waals surface area contributed by atoms with Gasteiger partial charge < -0.3 is 10.1 Å². The van der Waals surface area contributed by atoms with Crippen LogP contribution in [0.4, 0.5) is 5.69 Å². The molecule has 1 amide bonds. The van der Waals surface area contributed by atoms with Crippen LogP contribution in [0.3, 0.4) is 0 Å². The normalized spacial score (nSPS) is 13.8. The van der Waals surface area contributed by atoms with E-state index >= 15 is 0 Å². The van der Waals surface area contributed by atoms with Gasteiger partial charge in [-0.3, -0.25) is 4.79 Å². The molecule has 2 aromatic rings. The third kappa shape index (κ3) is 4.12. The zero-order valence-electron chi connectivity index (χ0n) is 13.2. The maximum absolute atomic E-state index is 12.2. The summed E-state index contributed by atoms with van der Waals surface area (Å²) in [5, 5.41) is 2.69. The number of hydrogen-bond acceptors (Lipinski definition) is 4. The minimum absolute atomic E-state index is 0.0321. The molecule has 0 unspecified atom stereocenters. The number of ether oxygens (including phenoxy) is 1. The van der Waals surface area contributed by atoms with Crippen LogP contribution < -0.4 is 14.8 Å². The Bertz CT molecular complexity index is 861. The van der Waals surface area contributed by atoms with E-state index in [1.54, 1.807) is 18.2 Å². The van der Waals surface area contributed by atoms with Crippen molar-refractivity contribution in [1.82, 2.24) is 4.72 Å². The minimum atomic E-state index is -3.44. The van der Waals surface area contributed by atoms with Gasteiger partial charge in [0.05, 0.1) is 11.4 Å². The van der Waals surface area contributed by atoms with Gasteiger partial charge in [0.2, 0.25) is 10.0 Å². The highest BCUT2D eigenvalue weighted by Crippen LogP contribution is 2.28. The fourth-order valence-electron chi connectivity index (χ4n) is 2.38. The van der Waals surface area contributed by atoms with Gasteiger partial charge >= 0.3 is 0 Å². The van der Waals surface area contributed by atoms with Crippen molar-refractivity contribution in [3.05, 3.63) is 59.2 Å². The van der Waals surface area contributed by atoms with Gasteiger partial charge in [0.15, 0.2) is 6.61 Å². The third-order valence-corrected chi connectivity index (χ3v) is 4.95. The summed E-state index contributed by atoms with van der Waals surface area (Å²) in [7, 11) is -3.44.